The predicted octanol–water partition coefficient (Wildman–Crippen LogP) is 1.79. The summed E-state index contributed by atoms with van der Waals surface area (Å²) in [6.45, 7) is 7.63. The highest BCUT2D eigenvalue weighted by molar-refractivity contribution is 7.86. The first-order valence-electron chi connectivity index (χ1n) is 7.48. The van der Waals surface area contributed by atoms with E-state index in [-0.39, 0.29) is 18.4 Å². The molecule has 1 saturated heterocycles. The second-order valence-electron chi connectivity index (χ2n) is 6.87. The molecule has 0 aromatic heterocycles. The summed E-state index contributed by atoms with van der Waals surface area (Å²) in [6.07, 6.45) is 2.58. The Labute approximate surface area is 128 Å². The van der Waals surface area contributed by atoms with Crippen molar-refractivity contribution in [1.82, 2.24) is 8.61 Å². The molecule has 0 amide bonds. The Morgan fingerprint density at radius 3 is 2.43 bits per heavy atom. The fraction of sp³-hybridized carbons (Fsp3) is 0.929. The molecule has 21 heavy (non-hydrogen) atoms. The van der Waals surface area contributed by atoms with E-state index < -0.39 is 16.2 Å². The van der Waals surface area contributed by atoms with Crippen LogP contribution < -0.4 is 0 Å². The number of hydrogen-bond donors (Lipinski definition) is 1. The third-order valence-corrected chi connectivity index (χ3v) is 6.26. The molecule has 0 aromatic rings. The van der Waals surface area contributed by atoms with Crippen LogP contribution in [0.25, 0.3) is 0 Å². The smallest absolute Gasteiger partial charge is 0.304 e. The Morgan fingerprint density at radius 2 is 1.90 bits per heavy atom. The molecule has 1 heterocycles. The zero-order valence-corrected chi connectivity index (χ0v) is 14.3. The first-order chi connectivity index (χ1) is 9.55. The Hall–Kier alpha value is -0.660. The second-order valence-corrected chi connectivity index (χ2v) is 8.90. The molecular weight excluding hydrogens is 292 g/mol. The fourth-order valence-corrected chi connectivity index (χ4v) is 4.14. The van der Waals surface area contributed by atoms with Crippen LogP contribution in [0.15, 0.2) is 0 Å². The summed E-state index contributed by atoms with van der Waals surface area (Å²) >= 11 is 0. The van der Waals surface area contributed by atoms with Crippen LogP contribution in [0.1, 0.15) is 46.5 Å². The number of rotatable bonds is 5. The van der Waals surface area contributed by atoms with Crippen LogP contribution in [0.2, 0.25) is 0 Å². The highest BCUT2D eigenvalue weighted by Crippen LogP contribution is 2.34. The lowest BCUT2D eigenvalue weighted by molar-refractivity contribution is -0.137. The SMILES string of the molecule is CN(CCC(=O)O)S(=O)(=O)N1CCCC(C(C)(C)C)CC1. The second kappa shape index (κ2) is 7.07. The van der Waals surface area contributed by atoms with Gasteiger partial charge in [0.25, 0.3) is 10.2 Å². The molecule has 0 bridgehead atoms. The van der Waals surface area contributed by atoms with E-state index in [1.807, 2.05) is 0 Å². The molecule has 0 radical (unpaired) electrons. The van der Waals surface area contributed by atoms with Gasteiger partial charge in [-0.25, -0.2) is 0 Å². The van der Waals surface area contributed by atoms with Crippen molar-refractivity contribution < 1.29 is 18.3 Å². The molecule has 1 aliphatic rings. The average molecular weight is 320 g/mol. The molecule has 1 unspecified atom stereocenters. The van der Waals surface area contributed by atoms with E-state index in [4.69, 9.17) is 5.11 Å². The number of carboxylic acid groups (broad SMARTS) is 1. The van der Waals surface area contributed by atoms with Gasteiger partial charge in [-0.3, -0.25) is 4.79 Å². The number of carbonyl (C=O) groups is 1. The van der Waals surface area contributed by atoms with Crippen molar-refractivity contribution in [1.29, 1.82) is 0 Å². The van der Waals surface area contributed by atoms with Gasteiger partial charge in [-0.2, -0.15) is 17.0 Å². The minimum Gasteiger partial charge on any atom is -0.481 e. The van der Waals surface area contributed by atoms with Crippen molar-refractivity contribution in [2.45, 2.75) is 46.5 Å². The third kappa shape index (κ3) is 5.23. The Bertz CT molecular complexity index is 456. The molecule has 0 saturated carbocycles. The van der Waals surface area contributed by atoms with Crippen molar-refractivity contribution in [3.8, 4) is 0 Å². The Morgan fingerprint density at radius 1 is 1.29 bits per heavy atom. The summed E-state index contributed by atoms with van der Waals surface area (Å²) in [7, 11) is -2.10. The minimum atomic E-state index is -3.55. The quantitative estimate of drug-likeness (QED) is 0.837. The lowest BCUT2D eigenvalue weighted by Gasteiger charge is -2.30. The normalized spacial score (nSPS) is 22.2. The topological polar surface area (TPSA) is 77.9 Å². The van der Waals surface area contributed by atoms with Crippen LogP contribution in [0.3, 0.4) is 0 Å². The number of hydrogen-bond acceptors (Lipinski definition) is 3. The van der Waals surface area contributed by atoms with Crippen molar-refractivity contribution in [2.24, 2.45) is 11.3 Å². The van der Waals surface area contributed by atoms with Crippen LogP contribution in [-0.4, -0.2) is 54.8 Å². The zero-order valence-electron chi connectivity index (χ0n) is 13.5. The summed E-state index contributed by atoms with van der Waals surface area (Å²) in [5, 5.41) is 8.67. The van der Waals surface area contributed by atoms with Crippen LogP contribution in [0.4, 0.5) is 0 Å². The molecule has 0 aromatic carbocycles. The number of nitrogens with zero attached hydrogens (tertiary/aromatic N) is 2. The largest absolute Gasteiger partial charge is 0.481 e. The zero-order chi connectivity index (χ0) is 16.3. The molecule has 7 heteroatoms. The maximum atomic E-state index is 12.5. The first kappa shape index (κ1) is 18.4. The van der Waals surface area contributed by atoms with Crippen LogP contribution in [0, 0.1) is 11.3 Å². The standard InChI is InChI=1S/C14H28N2O4S/c1-14(2,3)12-6-5-9-16(11-7-12)21(19,20)15(4)10-8-13(17)18/h12H,5-11H2,1-4H3,(H,17,18). The average Bonchev–Trinajstić information content (AvgIpc) is 2.61. The fourth-order valence-electron chi connectivity index (χ4n) is 2.73. The number of aliphatic carboxylic acids is 1. The van der Waals surface area contributed by atoms with Gasteiger partial charge in [-0.05, 0) is 30.6 Å². The maximum Gasteiger partial charge on any atom is 0.304 e. The minimum absolute atomic E-state index is 0.0108. The molecule has 0 aliphatic carbocycles. The maximum absolute atomic E-state index is 12.5. The van der Waals surface area contributed by atoms with Gasteiger partial charge in [0.15, 0.2) is 0 Å². The highest BCUT2D eigenvalue weighted by Gasteiger charge is 2.32. The molecule has 1 fully saturated rings. The van der Waals surface area contributed by atoms with Gasteiger partial charge in [0.05, 0.1) is 6.42 Å². The molecule has 6 nitrogen and oxygen atoms in total. The van der Waals surface area contributed by atoms with E-state index in [1.165, 1.54) is 11.4 Å². The summed E-state index contributed by atoms with van der Waals surface area (Å²) < 4.78 is 27.6. The lowest BCUT2D eigenvalue weighted by Crippen LogP contribution is -2.43. The van der Waals surface area contributed by atoms with Gasteiger partial charge in [0.1, 0.15) is 0 Å². The van der Waals surface area contributed by atoms with Crippen LogP contribution in [0.5, 0.6) is 0 Å². The summed E-state index contributed by atoms with van der Waals surface area (Å²) in [4.78, 5) is 10.6. The van der Waals surface area contributed by atoms with E-state index in [9.17, 15) is 13.2 Å². The van der Waals surface area contributed by atoms with Gasteiger partial charge in [0.2, 0.25) is 0 Å². The summed E-state index contributed by atoms with van der Waals surface area (Å²) in [6, 6.07) is 0. The Balaban J connectivity index is 2.69. The van der Waals surface area contributed by atoms with E-state index in [1.54, 1.807) is 0 Å². The van der Waals surface area contributed by atoms with Gasteiger partial charge < -0.3 is 5.11 Å². The van der Waals surface area contributed by atoms with Crippen LogP contribution in [-0.2, 0) is 15.0 Å². The van der Waals surface area contributed by atoms with E-state index in [0.717, 1.165) is 23.6 Å². The van der Waals surface area contributed by atoms with Gasteiger partial charge in [0, 0.05) is 26.7 Å². The molecule has 0 spiro atoms. The van der Waals surface area contributed by atoms with Gasteiger partial charge in [-0.1, -0.05) is 20.8 Å². The first-order valence-corrected chi connectivity index (χ1v) is 8.88. The molecular formula is C14H28N2O4S. The molecule has 124 valence electrons. The van der Waals surface area contributed by atoms with E-state index in [0.29, 0.717) is 19.0 Å². The van der Waals surface area contributed by atoms with E-state index >= 15 is 0 Å². The van der Waals surface area contributed by atoms with Gasteiger partial charge in [-0.15, -0.1) is 0 Å². The van der Waals surface area contributed by atoms with Crippen molar-refractivity contribution in [3.63, 3.8) is 0 Å². The van der Waals surface area contributed by atoms with Crippen molar-refractivity contribution in [2.75, 3.05) is 26.7 Å². The Kier molecular flexibility index (Phi) is 6.19. The van der Waals surface area contributed by atoms with Crippen molar-refractivity contribution in [3.05, 3.63) is 0 Å². The monoisotopic (exact) mass is 320 g/mol. The predicted molar refractivity (Wildman–Crippen MR) is 82.2 cm³/mol. The number of carboxylic acids is 1. The summed E-state index contributed by atoms with van der Waals surface area (Å²) in [5.41, 5.74) is 0.189. The van der Waals surface area contributed by atoms with E-state index in [2.05, 4.69) is 20.8 Å². The molecule has 1 atom stereocenters. The summed E-state index contributed by atoms with van der Waals surface area (Å²) in [5.74, 6) is -0.470. The molecule has 1 rings (SSSR count). The molecule has 1 aliphatic heterocycles. The lowest BCUT2D eigenvalue weighted by atomic mass is 9.77. The van der Waals surface area contributed by atoms with Crippen molar-refractivity contribution >= 4 is 16.2 Å². The van der Waals surface area contributed by atoms with Crippen LogP contribution >= 0.6 is 0 Å². The van der Waals surface area contributed by atoms with Gasteiger partial charge >= 0.3 is 5.97 Å². The highest BCUT2D eigenvalue weighted by atomic mass is 32.2. The molecule has 1 N–H and O–H groups in total. The third-order valence-electron chi connectivity index (χ3n) is 4.27.